The standard InChI is InChI=1S/C50H78O2/c1-3-5-7-9-11-13-15-17-19-21-23-25-27-32-43-51-49-38-34-37-48(47-41-39-46(40-42-47)45-35-30-29-31-36-45)50(49)52-44-33-28-26-24-22-20-18-16-14-12-10-8-6-4-2/h29-31,34-42H,3-28,32-33,43-44H2,1-2H3. The summed E-state index contributed by atoms with van der Waals surface area (Å²) in [5.41, 5.74) is 4.79. The Bertz CT molecular complexity index is 1220. The lowest BCUT2D eigenvalue weighted by Crippen LogP contribution is -2.04. The lowest BCUT2D eigenvalue weighted by molar-refractivity contribution is 0.259. The van der Waals surface area contributed by atoms with E-state index in [0.29, 0.717) is 0 Å². The molecule has 2 heteroatoms. The van der Waals surface area contributed by atoms with Gasteiger partial charge in [-0.15, -0.1) is 0 Å². The fraction of sp³-hybridized carbons (Fsp3) is 0.640. The Kier molecular flexibility index (Phi) is 25.8. The van der Waals surface area contributed by atoms with Crippen LogP contribution in [0.25, 0.3) is 22.3 Å². The summed E-state index contributed by atoms with van der Waals surface area (Å²) in [5, 5.41) is 0. The van der Waals surface area contributed by atoms with Gasteiger partial charge in [-0.1, -0.05) is 248 Å². The molecule has 0 aliphatic carbocycles. The Morgan fingerprint density at radius 2 is 0.673 bits per heavy atom. The van der Waals surface area contributed by atoms with Gasteiger partial charge in [-0.05, 0) is 35.6 Å². The van der Waals surface area contributed by atoms with E-state index in [1.807, 2.05) is 0 Å². The van der Waals surface area contributed by atoms with E-state index in [4.69, 9.17) is 9.47 Å². The quantitative estimate of drug-likeness (QED) is 0.0575. The highest BCUT2D eigenvalue weighted by Crippen LogP contribution is 2.39. The SMILES string of the molecule is CCCCCCCCCCCCCCCCOc1cccc(-c2ccc(-c3ccccc3)cc2)c1OCCCCCCCCCCCCCCCC. The number of benzene rings is 3. The first kappa shape index (κ1) is 43.7. The van der Waals surface area contributed by atoms with Crippen molar-refractivity contribution in [2.75, 3.05) is 13.2 Å². The van der Waals surface area contributed by atoms with Gasteiger partial charge in [-0.25, -0.2) is 0 Å². The van der Waals surface area contributed by atoms with Crippen LogP contribution in [0.1, 0.15) is 194 Å². The highest BCUT2D eigenvalue weighted by molar-refractivity contribution is 5.76. The highest BCUT2D eigenvalue weighted by atomic mass is 16.5. The van der Waals surface area contributed by atoms with Gasteiger partial charge in [0.05, 0.1) is 13.2 Å². The third-order valence-corrected chi connectivity index (χ3v) is 10.8. The van der Waals surface area contributed by atoms with E-state index in [1.165, 1.54) is 184 Å². The second kappa shape index (κ2) is 30.7. The monoisotopic (exact) mass is 711 g/mol. The van der Waals surface area contributed by atoms with Gasteiger partial charge in [0, 0.05) is 5.56 Å². The van der Waals surface area contributed by atoms with Crippen molar-refractivity contribution in [3.8, 4) is 33.8 Å². The van der Waals surface area contributed by atoms with E-state index in [2.05, 4.69) is 86.6 Å². The van der Waals surface area contributed by atoms with Crippen LogP contribution >= 0.6 is 0 Å². The molecule has 0 aromatic heterocycles. The first-order chi connectivity index (χ1) is 25.8. The van der Waals surface area contributed by atoms with Crippen LogP contribution in [-0.2, 0) is 0 Å². The van der Waals surface area contributed by atoms with Crippen LogP contribution in [0.3, 0.4) is 0 Å². The fourth-order valence-corrected chi connectivity index (χ4v) is 7.43. The summed E-state index contributed by atoms with van der Waals surface area (Å²) in [5.74, 6) is 1.81. The van der Waals surface area contributed by atoms with E-state index in [-0.39, 0.29) is 0 Å². The van der Waals surface area contributed by atoms with Crippen molar-refractivity contribution in [2.45, 2.75) is 194 Å². The van der Waals surface area contributed by atoms with E-state index < -0.39 is 0 Å². The maximum Gasteiger partial charge on any atom is 0.168 e. The second-order valence-corrected chi connectivity index (χ2v) is 15.5. The Morgan fingerprint density at radius 3 is 1.12 bits per heavy atom. The number of ether oxygens (including phenoxy) is 2. The maximum absolute atomic E-state index is 6.59. The molecule has 0 spiro atoms. The summed E-state index contributed by atoms with van der Waals surface area (Å²) in [7, 11) is 0. The second-order valence-electron chi connectivity index (χ2n) is 15.5. The smallest absolute Gasteiger partial charge is 0.168 e. The van der Waals surface area contributed by atoms with Gasteiger partial charge in [0.25, 0.3) is 0 Å². The lowest BCUT2D eigenvalue weighted by atomic mass is 9.99. The van der Waals surface area contributed by atoms with Crippen molar-refractivity contribution in [3.63, 3.8) is 0 Å². The molecule has 3 aromatic rings. The van der Waals surface area contributed by atoms with Crippen LogP contribution < -0.4 is 9.47 Å². The minimum Gasteiger partial charge on any atom is -0.490 e. The molecular formula is C50H78O2. The summed E-state index contributed by atoms with van der Waals surface area (Å²) < 4.78 is 13.0. The molecular weight excluding hydrogens is 633 g/mol. The van der Waals surface area contributed by atoms with Crippen LogP contribution in [0.15, 0.2) is 72.8 Å². The van der Waals surface area contributed by atoms with Gasteiger partial charge in [-0.2, -0.15) is 0 Å². The molecule has 0 aliphatic rings. The molecule has 0 radical (unpaired) electrons. The van der Waals surface area contributed by atoms with Crippen LogP contribution in [0, 0.1) is 0 Å². The van der Waals surface area contributed by atoms with Gasteiger partial charge in [-0.3, -0.25) is 0 Å². The van der Waals surface area contributed by atoms with Crippen LogP contribution in [0.5, 0.6) is 11.5 Å². The minimum absolute atomic E-state index is 0.742. The molecule has 0 saturated carbocycles. The third-order valence-electron chi connectivity index (χ3n) is 10.8. The van der Waals surface area contributed by atoms with E-state index in [9.17, 15) is 0 Å². The zero-order valence-electron chi connectivity index (χ0n) is 34.0. The first-order valence-corrected chi connectivity index (χ1v) is 22.4. The maximum atomic E-state index is 6.59. The third kappa shape index (κ3) is 19.9. The number of hydrogen-bond acceptors (Lipinski definition) is 2. The molecule has 3 rings (SSSR count). The minimum atomic E-state index is 0.742. The Labute approximate surface area is 321 Å². The molecule has 0 unspecified atom stereocenters. The Morgan fingerprint density at radius 1 is 0.308 bits per heavy atom. The summed E-state index contributed by atoms with van der Waals surface area (Å²) in [4.78, 5) is 0. The average molecular weight is 711 g/mol. The van der Waals surface area contributed by atoms with Gasteiger partial charge >= 0.3 is 0 Å². The summed E-state index contributed by atoms with van der Waals surface area (Å²) in [6.07, 6.45) is 38.3. The molecule has 0 bridgehead atoms. The number of rotatable bonds is 34. The highest BCUT2D eigenvalue weighted by Gasteiger charge is 2.14. The zero-order valence-corrected chi connectivity index (χ0v) is 34.0. The normalized spacial score (nSPS) is 11.3. The van der Waals surface area contributed by atoms with E-state index >= 15 is 0 Å². The van der Waals surface area contributed by atoms with Crippen molar-refractivity contribution >= 4 is 0 Å². The summed E-state index contributed by atoms with van der Waals surface area (Å²) in [6.45, 7) is 6.09. The molecule has 2 nitrogen and oxygen atoms in total. The first-order valence-electron chi connectivity index (χ1n) is 22.4. The van der Waals surface area contributed by atoms with Crippen molar-refractivity contribution in [2.24, 2.45) is 0 Å². The van der Waals surface area contributed by atoms with E-state index in [0.717, 1.165) is 43.1 Å². The topological polar surface area (TPSA) is 18.5 Å². The molecule has 3 aromatic carbocycles. The molecule has 0 aliphatic heterocycles. The Hall–Kier alpha value is -2.74. The molecule has 0 fully saturated rings. The van der Waals surface area contributed by atoms with Gasteiger partial charge in [0.2, 0.25) is 0 Å². The molecule has 0 amide bonds. The fourth-order valence-electron chi connectivity index (χ4n) is 7.43. The van der Waals surface area contributed by atoms with Crippen molar-refractivity contribution in [1.82, 2.24) is 0 Å². The summed E-state index contributed by atoms with van der Waals surface area (Å²) >= 11 is 0. The van der Waals surface area contributed by atoms with E-state index in [1.54, 1.807) is 0 Å². The van der Waals surface area contributed by atoms with Crippen molar-refractivity contribution in [3.05, 3.63) is 72.8 Å². The zero-order chi connectivity index (χ0) is 36.6. The average Bonchev–Trinajstić information content (AvgIpc) is 3.18. The number of hydrogen-bond donors (Lipinski definition) is 0. The molecule has 290 valence electrons. The molecule has 0 heterocycles. The van der Waals surface area contributed by atoms with Gasteiger partial charge in [0.1, 0.15) is 0 Å². The predicted octanol–water partition coefficient (Wildman–Crippen LogP) is 16.7. The summed E-state index contributed by atoms with van der Waals surface area (Å²) in [6, 6.07) is 26.0. The van der Waals surface area contributed by atoms with Crippen LogP contribution in [0.4, 0.5) is 0 Å². The van der Waals surface area contributed by atoms with Crippen molar-refractivity contribution in [1.29, 1.82) is 0 Å². The van der Waals surface area contributed by atoms with Gasteiger partial charge in [0.15, 0.2) is 11.5 Å². The molecule has 0 atom stereocenters. The van der Waals surface area contributed by atoms with Crippen LogP contribution in [0.2, 0.25) is 0 Å². The molecule has 0 saturated heterocycles. The largest absolute Gasteiger partial charge is 0.490 e. The van der Waals surface area contributed by atoms with Gasteiger partial charge < -0.3 is 9.47 Å². The van der Waals surface area contributed by atoms with Crippen molar-refractivity contribution < 1.29 is 9.47 Å². The Balaban J connectivity index is 1.39. The number of para-hydroxylation sites is 1. The predicted molar refractivity (Wildman–Crippen MR) is 229 cm³/mol. The molecule has 0 N–H and O–H groups in total. The lowest BCUT2D eigenvalue weighted by Gasteiger charge is -2.17. The molecule has 52 heavy (non-hydrogen) atoms. The number of unbranched alkanes of at least 4 members (excludes halogenated alkanes) is 26. The van der Waals surface area contributed by atoms with Crippen LogP contribution in [-0.4, -0.2) is 13.2 Å².